The molecule has 122 valence electrons. The van der Waals surface area contributed by atoms with Gasteiger partial charge < -0.3 is 10.2 Å². The molecule has 1 N–H and O–H groups in total. The molecule has 2 nitrogen and oxygen atoms in total. The van der Waals surface area contributed by atoms with Crippen molar-refractivity contribution in [2.45, 2.75) is 6.54 Å². The molecule has 4 rings (SSSR count). The summed E-state index contributed by atoms with van der Waals surface area (Å²) in [6, 6.07) is 21.9. The monoisotopic (exact) mass is 320 g/mol. The second kappa shape index (κ2) is 6.62. The molecule has 0 unspecified atom stereocenters. The van der Waals surface area contributed by atoms with Crippen LogP contribution in [0.5, 0.6) is 0 Å². The predicted octanol–water partition coefficient (Wildman–Crippen LogP) is 4.20. The van der Waals surface area contributed by atoms with E-state index in [2.05, 4.69) is 52.7 Å². The molecule has 3 heteroatoms. The molecule has 0 aliphatic carbocycles. The summed E-state index contributed by atoms with van der Waals surface area (Å²) in [6.45, 7) is 3.63. The van der Waals surface area contributed by atoms with Crippen LogP contribution < -0.4 is 10.2 Å². The van der Waals surface area contributed by atoms with Crippen LogP contribution in [0.3, 0.4) is 0 Å². The topological polar surface area (TPSA) is 15.3 Å². The van der Waals surface area contributed by atoms with Crippen molar-refractivity contribution in [3.63, 3.8) is 0 Å². The molecular weight excluding hydrogens is 299 g/mol. The number of benzene rings is 3. The summed E-state index contributed by atoms with van der Waals surface area (Å²) >= 11 is 0. The number of rotatable bonds is 5. The predicted molar refractivity (Wildman–Crippen MR) is 97.8 cm³/mol. The highest BCUT2D eigenvalue weighted by molar-refractivity contribution is 5.83. The van der Waals surface area contributed by atoms with Crippen LogP contribution in [0.1, 0.15) is 5.56 Å². The molecule has 24 heavy (non-hydrogen) atoms. The van der Waals surface area contributed by atoms with Crippen molar-refractivity contribution in [3.8, 4) is 0 Å². The third-order valence-electron chi connectivity index (χ3n) is 4.73. The van der Waals surface area contributed by atoms with Crippen LogP contribution in [-0.4, -0.2) is 19.6 Å². The molecule has 1 aliphatic heterocycles. The van der Waals surface area contributed by atoms with Gasteiger partial charge in [0.2, 0.25) is 0 Å². The molecule has 1 fully saturated rings. The molecule has 1 saturated heterocycles. The number of hydrogen-bond acceptors (Lipinski definition) is 2. The van der Waals surface area contributed by atoms with Crippen molar-refractivity contribution in [1.29, 1.82) is 0 Å². The summed E-state index contributed by atoms with van der Waals surface area (Å²) in [5, 5.41) is 5.77. The first-order valence-electron chi connectivity index (χ1n) is 8.47. The largest absolute Gasteiger partial charge is 0.364 e. The van der Waals surface area contributed by atoms with E-state index in [4.69, 9.17) is 0 Å². The van der Waals surface area contributed by atoms with Gasteiger partial charge in [-0.3, -0.25) is 0 Å². The Bertz CT molecular complexity index is 842. The van der Waals surface area contributed by atoms with E-state index in [1.165, 1.54) is 16.3 Å². The van der Waals surface area contributed by atoms with Gasteiger partial charge in [0.25, 0.3) is 0 Å². The third kappa shape index (κ3) is 3.13. The molecule has 0 amide bonds. The zero-order valence-electron chi connectivity index (χ0n) is 13.6. The van der Waals surface area contributed by atoms with Gasteiger partial charge in [-0.1, -0.05) is 48.5 Å². The van der Waals surface area contributed by atoms with E-state index in [0.29, 0.717) is 11.6 Å². The lowest BCUT2D eigenvalue weighted by Gasteiger charge is -2.34. The Morgan fingerprint density at radius 2 is 1.67 bits per heavy atom. The Labute approximate surface area is 141 Å². The van der Waals surface area contributed by atoms with Gasteiger partial charge in [-0.2, -0.15) is 0 Å². The number of anilines is 1. The van der Waals surface area contributed by atoms with Crippen molar-refractivity contribution in [2.24, 2.45) is 5.92 Å². The van der Waals surface area contributed by atoms with Crippen LogP contribution in [0.2, 0.25) is 0 Å². The van der Waals surface area contributed by atoms with Gasteiger partial charge in [0.1, 0.15) is 5.82 Å². The third-order valence-corrected chi connectivity index (χ3v) is 4.73. The number of para-hydroxylation sites is 1. The maximum Gasteiger partial charge on any atom is 0.146 e. The fraction of sp³-hybridized carbons (Fsp3) is 0.238. The van der Waals surface area contributed by atoms with Gasteiger partial charge in [0.05, 0.1) is 5.69 Å². The molecule has 0 aromatic heterocycles. The van der Waals surface area contributed by atoms with Crippen molar-refractivity contribution in [1.82, 2.24) is 5.32 Å². The van der Waals surface area contributed by atoms with Crippen molar-refractivity contribution in [2.75, 3.05) is 24.5 Å². The lowest BCUT2D eigenvalue weighted by atomic mass is 10.0. The molecule has 1 heterocycles. The first-order chi connectivity index (χ1) is 11.8. The van der Waals surface area contributed by atoms with Crippen LogP contribution in [0.15, 0.2) is 66.7 Å². The Kier molecular flexibility index (Phi) is 4.18. The van der Waals surface area contributed by atoms with Crippen LogP contribution in [0, 0.1) is 11.7 Å². The van der Waals surface area contributed by atoms with Gasteiger partial charge in [-0.05, 0) is 34.5 Å². The summed E-state index contributed by atoms with van der Waals surface area (Å²) in [7, 11) is 0. The Hall–Kier alpha value is -2.39. The average Bonchev–Trinajstić information content (AvgIpc) is 2.57. The van der Waals surface area contributed by atoms with Crippen molar-refractivity contribution in [3.05, 3.63) is 78.1 Å². The summed E-state index contributed by atoms with van der Waals surface area (Å²) < 4.78 is 14.3. The number of fused-ring (bicyclic) bond motifs is 1. The standard InChI is InChI=1S/C21H21FN2/c22-20-7-3-4-8-21(20)24(15-17-12-23-13-17)14-16-9-10-18-5-1-2-6-19(18)11-16/h1-11,17,23H,12-15H2. The van der Waals surface area contributed by atoms with E-state index in [0.717, 1.165) is 26.2 Å². The van der Waals surface area contributed by atoms with Gasteiger partial charge in [0, 0.05) is 32.1 Å². The van der Waals surface area contributed by atoms with Crippen LogP contribution in [0.4, 0.5) is 10.1 Å². The van der Waals surface area contributed by atoms with Gasteiger partial charge in [0.15, 0.2) is 0 Å². The molecule has 0 atom stereocenters. The Morgan fingerprint density at radius 3 is 2.42 bits per heavy atom. The summed E-state index contributed by atoms with van der Waals surface area (Å²) in [5.74, 6) is 0.440. The lowest BCUT2D eigenvalue weighted by molar-refractivity contribution is 0.347. The smallest absolute Gasteiger partial charge is 0.146 e. The molecule has 1 aliphatic rings. The molecule has 3 aromatic rings. The highest BCUT2D eigenvalue weighted by atomic mass is 19.1. The average molecular weight is 320 g/mol. The Balaban J connectivity index is 1.63. The summed E-state index contributed by atoms with van der Waals surface area (Å²) in [6.07, 6.45) is 0. The second-order valence-corrected chi connectivity index (χ2v) is 6.54. The van der Waals surface area contributed by atoms with Crippen molar-refractivity contribution < 1.29 is 4.39 Å². The molecule has 0 bridgehead atoms. The first-order valence-corrected chi connectivity index (χ1v) is 8.47. The van der Waals surface area contributed by atoms with E-state index >= 15 is 0 Å². The van der Waals surface area contributed by atoms with Crippen molar-refractivity contribution >= 4 is 16.5 Å². The highest BCUT2D eigenvalue weighted by Crippen LogP contribution is 2.24. The van der Waals surface area contributed by atoms with Gasteiger partial charge in [-0.25, -0.2) is 4.39 Å². The minimum Gasteiger partial charge on any atom is -0.364 e. The van der Waals surface area contributed by atoms with Crippen LogP contribution >= 0.6 is 0 Å². The first kappa shape index (κ1) is 15.2. The number of nitrogens with zero attached hydrogens (tertiary/aromatic N) is 1. The quantitative estimate of drug-likeness (QED) is 0.758. The molecule has 0 saturated carbocycles. The summed E-state index contributed by atoms with van der Waals surface area (Å²) in [5.41, 5.74) is 1.90. The number of nitrogens with one attached hydrogen (secondary N) is 1. The molecule has 0 spiro atoms. The van der Waals surface area contributed by atoms with E-state index < -0.39 is 0 Å². The minimum absolute atomic E-state index is 0.148. The Morgan fingerprint density at radius 1 is 0.917 bits per heavy atom. The maximum atomic E-state index is 14.3. The maximum absolute atomic E-state index is 14.3. The van der Waals surface area contributed by atoms with Crippen LogP contribution in [-0.2, 0) is 6.54 Å². The highest BCUT2D eigenvalue weighted by Gasteiger charge is 2.22. The fourth-order valence-electron chi connectivity index (χ4n) is 3.30. The number of hydrogen-bond donors (Lipinski definition) is 1. The zero-order chi connectivity index (χ0) is 16.4. The fourth-order valence-corrected chi connectivity index (χ4v) is 3.30. The zero-order valence-corrected chi connectivity index (χ0v) is 13.6. The molecule has 0 radical (unpaired) electrons. The SMILES string of the molecule is Fc1ccccc1N(Cc1ccc2ccccc2c1)CC1CNC1. The number of halogens is 1. The van der Waals surface area contributed by atoms with Gasteiger partial charge in [-0.15, -0.1) is 0 Å². The molecule has 3 aromatic carbocycles. The van der Waals surface area contributed by atoms with E-state index in [1.54, 1.807) is 12.1 Å². The second-order valence-electron chi connectivity index (χ2n) is 6.54. The van der Waals surface area contributed by atoms with E-state index in [9.17, 15) is 4.39 Å². The van der Waals surface area contributed by atoms with E-state index in [1.807, 2.05) is 12.1 Å². The molecular formula is C21H21FN2. The lowest BCUT2D eigenvalue weighted by Crippen LogP contribution is -2.48. The normalized spacial score (nSPS) is 14.5. The van der Waals surface area contributed by atoms with Gasteiger partial charge >= 0.3 is 0 Å². The van der Waals surface area contributed by atoms with E-state index in [-0.39, 0.29) is 5.82 Å². The van der Waals surface area contributed by atoms with Crippen LogP contribution in [0.25, 0.3) is 10.8 Å². The summed E-state index contributed by atoms with van der Waals surface area (Å²) in [4.78, 5) is 2.17. The minimum atomic E-state index is -0.148.